The lowest BCUT2D eigenvalue weighted by molar-refractivity contribution is 0.0947. The van der Waals surface area contributed by atoms with Gasteiger partial charge in [0.25, 0.3) is 5.91 Å². The lowest BCUT2D eigenvalue weighted by Crippen LogP contribution is -2.24. The van der Waals surface area contributed by atoms with E-state index in [9.17, 15) is 14.0 Å². The molecule has 24 heavy (non-hydrogen) atoms. The summed E-state index contributed by atoms with van der Waals surface area (Å²) in [5, 5.41) is 6.17. The zero-order chi connectivity index (χ0) is 17.1. The van der Waals surface area contributed by atoms with Crippen molar-refractivity contribution in [2.45, 2.75) is 6.54 Å². The molecule has 3 aromatic rings. The fraction of sp³-hybridized carbons (Fsp3) is 0.0625. The second-order valence-corrected chi connectivity index (χ2v) is 5.77. The van der Waals surface area contributed by atoms with Gasteiger partial charge in [-0.2, -0.15) is 0 Å². The number of nitrogens with one attached hydrogen (secondary N) is 2. The van der Waals surface area contributed by atoms with Gasteiger partial charge in [-0.25, -0.2) is 9.18 Å². The molecule has 0 radical (unpaired) electrons. The molecule has 0 unspecified atom stereocenters. The Hall–Kier alpha value is -2.74. The molecule has 6 nitrogen and oxygen atoms in total. The predicted octanol–water partition coefficient (Wildman–Crippen LogP) is 2.86. The van der Waals surface area contributed by atoms with Gasteiger partial charge in [-0.05, 0) is 29.8 Å². The maximum atomic E-state index is 14.0. The van der Waals surface area contributed by atoms with Gasteiger partial charge in [-0.1, -0.05) is 39.3 Å². The first kappa shape index (κ1) is 16.1. The van der Waals surface area contributed by atoms with Gasteiger partial charge in [0.2, 0.25) is 0 Å². The SMILES string of the molecule is O=C(NCc1ccccc1Br)c1cc(-c2noc(=O)[nH]2)ccc1F. The number of halogens is 2. The van der Waals surface area contributed by atoms with E-state index in [1.54, 1.807) is 0 Å². The van der Waals surface area contributed by atoms with Crippen LogP contribution < -0.4 is 11.1 Å². The number of hydrogen-bond acceptors (Lipinski definition) is 4. The topological polar surface area (TPSA) is 88.0 Å². The molecular formula is C16H11BrFN3O3. The van der Waals surface area contributed by atoms with Crippen LogP contribution in [-0.2, 0) is 6.54 Å². The van der Waals surface area contributed by atoms with Crippen molar-refractivity contribution < 1.29 is 13.7 Å². The van der Waals surface area contributed by atoms with Crippen molar-refractivity contribution in [3.63, 3.8) is 0 Å². The van der Waals surface area contributed by atoms with E-state index in [0.29, 0.717) is 5.56 Å². The highest BCUT2D eigenvalue weighted by Gasteiger charge is 2.15. The normalized spacial score (nSPS) is 10.6. The molecule has 0 fully saturated rings. The van der Waals surface area contributed by atoms with E-state index in [-0.39, 0.29) is 17.9 Å². The smallest absolute Gasteiger partial charge is 0.348 e. The van der Waals surface area contributed by atoms with E-state index >= 15 is 0 Å². The third-order valence-electron chi connectivity index (χ3n) is 3.32. The van der Waals surface area contributed by atoms with Crippen molar-refractivity contribution in [2.24, 2.45) is 0 Å². The van der Waals surface area contributed by atoms with Crippen molar-refractivity contribution in [1.29, 1.82) is 0 Å². The minimum absolute atomic E-state index is 0.125. The van der Waals surface area contributed by atoms with Gasteiger partial charge in [-0.3, -0.25) is 14.3 Å². The van der Waals surface area contributed by atoms with Gasteiger partial charge < -0.3 is 5.32 Å². The zero-order valence-electron chi connectivity index (χ0n) is 12.2. The first-order chi connectivity index (χ1) is 11.5. The van der Waals surface area contributed by atoms with E-state index in [1.165, 1.54) is 12.1 Å². The summed E-state index contributed by atoms with van der Waals surface area (Å²) in [6.45, 7) is 0.241. The zero-order valence-corrected chi connectivity index (χ0v) is 13.8. The van der Waals surface area contributed by atoms with Gasteiger partial charge in [0.1, 0.15) is 5.82 Å². The van der Waals surface area contributed by atoms with Gasteiger partial charge >= 0.3 is 5.76 Å². The molecule has 0 aliphatic carbocycles. The molecule has 2 aromatic carbocycles. The first-order valence-electron chi connectivity index (χ1n) is 6.92. The average Bonchev–Trinajstić information content (AvgIpc) is 3.01. The molecule has 0 bridgehead atoms. The number of benzene rings is 2. The summed E-state index contributed by atoms with van der Waals surface area (Å²) in [4.78, 5) is 25.6. The van der Waals surface area contributed by atoms with E-state index in [0.717, 1.165) is 16.1 Å². The Labute approximate surface area is 143 Å². The fourth-order valence-electron chi connectivity index (χ4n) is 2.11. The number of H-pyrrole nitrogens is 1. The second-order valence-electron chi connectivity index (χ2n) is 4.91. The summed E-state index contributed by atoms with van der Waals surface area (Å²) in [6, 6.07) is 11.2. The average molecular weight is 392 g/mol. The Morgan fingerprint density at radius 2 is 2.08 bits per heavy atom. The first-order valence-corrected chi connectivity index (χ1v) is 7.71. The van der Waals surface area contributed by atoms with Crippen LogP contribution in [0.1, 0.15) is 15.9 Å². The molecule has 122 valence electrons. The van der Waals surface area contributed by atoms with Gasteiger partial charge in [0, 0.05) is 16.6 Å². The van der Waals surface area contributed by atoms with Crippen LogP contribution in [0.2, 0.25) is 0 Å². The minimum atomic E-state index is -0.728. The van der Waals surface area contributed by atoms with E-state index in [1.807, 2.05) is 24.3 Å². The maximum Gasteiger partial charge on any atom is 0.439 e. The van der Waals surface area contributed by atoms with Crippen molar-refractivity contribution in [1.82, 2.24) is 15.5 Å². The Kier molecular flexibility index (Phi) is 4.57. The minimum Gasteiger partial charge on any atom is -0.348 e. The van der Waals surface area contributed by atoms with Crippen LogP contribution in [0.25, 0.3) is 11.4 Å². The number of carbonyl (C=O) groups excluding carboxylic acids is 1. The Morgan fingerprint density at radius 1 is 1.29 bits per heavy atom. The summed E-state index contributed by atoms with van der Waals surface area (Å²) in [5.41, 5.74) is 1.08. The maximum absolute atomic E-state index is 14.0. The summed E-state index contributed by atoms with van der Waals surface area (Å²) in [5.74, 6) is -1.85. The molecular weight excluding hydrogens is 381 g/mol. The van der Waals surface area contributed by atoms with Crippen molar-refractivity contribution in [2.75, 3.05) is 0 Å². The Bertz CT molecular complexity index is 951. The monoisotopic (exact) mass is 391 g/mol. The van der Waals surface area contributed by atoms with Crippen LogP contribution >= 0.6 is 15.9 Å². The second kappa shape index (κ2) is 6.79. The quantitative estimate of drug-likeness (QED) is 0.715. The third-order valence-corrected chi connectivity index (χ3v) is 4.10. The molecule has 0 saturated carbocycles. The van der Waals surface area contributed by atoms with E-state index in [4.69, 9.17) is 0 Å². The highest BCUT2D eigenvalue weighted by molar-refractivity contribution is 9.10. The Morgan fingerprint density at radius 3 is 2.79 bits per heavy atom. The molecule has 8 heteroatoms. The summed E-state index contributed by atoms with van der Waals surface area (Å²) < 4.78 is 19.2. The molecule has 1 amide bonds. The number of amides is 1. The number of rotatable bonds is 4. The molecule has 0 spiro atoms. The summed E-state index contributed by atoms with van der Waals surface area (Å²) >= 11 is 3.38. The van der Waals surface area contributed by atoms with E-state index in [2.05, 4.69) is 35.9 Å². The highest BCUT2D eigenvalue weighted by atomic mass is 79.9. The van der Waals surface area contributed by atoms with E-state index < -0.39 is 17.5 Å². The summed E-state index contributed by atoms with van der Waals surface area (Å²) in [7, 11) is 0. The summed E-state index contributed by atoms with van der Waals surface area (Å²) in [6.07, 6.45) is 0. The molecule has 0 atom stereocenters. The van der Waals surface area contributed by atoms with Crippen molar-refractivity contribution in [3.05, 3.63) is 74.4 Å². The van der Waals surface area contributed by atoms with Crippen LogP contribution in [0.15, 0.2) is 56.3 Å². The van der Waals surface area contributed by atoms with Crippen LogP contribution in [-0.4, -0.2) is 16.0 Å². The molecule has 1 heterocycles. The third kappa shape index (κ3) is 3.43. The fourth-order valence-corrected chi connectivity index (χ4v) is 2.54. The van der Waals surface area contributed by atoms with Crippen LogP contribution in [0.3, 0.4) is 0 Å². The number of nitrogens with zero attached hydrogens (tertiary/aromatic N) is 1. The highest BCUT2D eigenvalue weighted by Crippen LogP contribution is 2.19. The Balaban J connectivity index is 1.82. The van der Waals surface area contributed by atoms with Crippen LogP contribution in [0, 0.1) is 5.82 Å². The van der Waals surface area contributed by atoms with Gasteiger partial charge in [0.05, 0.1) is 5.56 Å². The van der Waals surface area contributed by atoms with Crippen molar-refractivity contribution >= 4 is 21.8 Å². The van der Waals surface area contributed by atoms with Gasteiger partial charge in [0.15, 0.2) is 5.82 Å². The molecule has 1 aromatic heterocycles. The van der Waals surface area contributed by atoms with Crippen LogP contribution in [0.4, 0.5) is 4.39 Å². The van der Waals surface area contributed by atoms with Crippen molar-refractivity contribution in [3.8, 4) is 11.4 Å². The number of hydrogen-bond donors (Lipinski definition) is 2. The molecule has 0 saturated heterocycles. The van der Waals surface area contributed by atoms with Crippen LogP contribution in [0.5, 0.6) is 0 Å². The molecule has 3 rings (SSSR count). The molecule has 2 N–H and O–H groups in total. The largest absolute Gasteiger partial charge is 0.439 e. The lowest BCUT2D eigenvalue weighted by Gasteiger charge is -2.08. The predicted molar refractivity (Wildman–Crippen MR) is 87.8 cm³/mol. The number of carbonyl (C=O) groups is 1. The molecule has 0 aliphatic heterocycles. The number of aromatic amines is 1. The number of aromatic nitrogens is 2. The standard InChI is InChI=1S/C16H11BrFN3O3/c17-12-4-2-1-3-10(12)8-19-15(22)11-7-9(5-6-13(11)18)14-20-16(23)24-21-14/h1-7H,8H2,(H,19,22)(H,20,21,23). The molecule has 0 aliphatic rings. The van der Waals surface area contributed by atoms with Gasteiger partial charge in [-0.15, -0.1) is 0 Å². The lowest BCUT2D eigenvalue weighted by atomic mass is 10.1.